The largest absolute Gasteiger partial charge is 0.444 e. The molecule has 0 spiro atoms. The Morgan fingerprint density at radius 1 is 1.11 bits per heavy atom. The highest BCUT2D eigenvalue weighted by atomic mass is 19.4. The van der Waals surface area contributed by atoms with Gasteiger partial charge in [-0.25, -0.2) is 9.78 Å². The lowest BCUT2D eigenvalue weighted by atomic mass is 9.97. The summed E-state index contributed by atoms with van der Waals surface area (Å²) in [4.78, 5) is 20.7. The van der Waals surface area contributed by atoms with Gasteiger partial charge < -0.3 is 19.9 Å². The van der Waals surface area contributed by atoms with Crippen LogP contribution >= 0.6 is 0 Å². The van der Waals surface area contributed by atoms with E-state index in [4.69, 9.17) is 4.74 Å². The van der Waals surface area contributed by atoms with Gasteiger partial charge in [-0.05, 0) is 57.9 Å². The number of nitrogens with zero attached hydrogens (tertiary/aromatic N) is 5. The molecular weight excluding hydrogens is 485 g/mol. The van der Waals surface area contributed by atoms with E-state index >= 15 is 0 Å². The van der Waals surface area contributed by atoms with E-state index in [2.05, 4.69) is 25.4 Å². The molecule has 1 fully saturated rings. The molecule has 8 nitrogen and oxygen atoms in total. The molecule has 0 bridgehead atoms. The number of alkyl halides is 3. The summed E-state index contributed by atoms with van der Waals surface area (Å²) in [7, 11) is 0. The molecule has 3 aromatic rings. The van der Waals surface area contributed by atoms with Crippen molar-refractivity contribution in [2.24, 2.45) is 0 Å². The Hall–Kier alpha value is -3.63. The lowest BCUT2D eigenvalue weighted by Gasteiger charge is -2.36. The van der Waals surface area contributed by atoms with Crippen LogP contribution in [0, 0.1) is 6.92 Å². The molecule has 1 N–H and O–H groups in total. The van der Waals surface area contributed by atoms with Gasteiger partial charge in [-0.1, -0.05) is 12.1 Å². The number of anilines is 2. The van der Waals surface area contributed by atoms with E-state index in [0.29, 0.717) is 37.6 Å². The van der Waals surface area contributed by atoms with Crippen LogP contribution < -0.4 is 10.2 Å². The molecular formula is C26H31F3N6O2. The lowest BCUT2D eigenvalue weighted by molar-refractivity contribution is -0.138. The summed E-state index contributed by atoms with van der Waals surface area (Å²) in [5.41, 5.74) is -0.503. The third-order valence-electron chi connectivity index (χ3n) is 6.29. The molecule has 1 atom stereocenters. The zero-order valence-corrected chi connectivity index (χ0v) is 21.6. The van der Waals surface area contributed by atoms with Crippen LogP contribution in [0.15, 0.2) is 36.7 Å². The van der Waals surface area contributed by atoms with E-state index in [1.165, 1.54) is 13.0 Å². The van der Waals surface area contributed by atoms with Crippen molar-refractivity contribution in [3.8, 4) is 0 Å². The first-order valence-electron chi connectivity index (χ1n) is 12.1. The van der Waals surface area contributed by atoms with Crippen molar-refractivity contribution in [3.63, 3.8) is 0 Å². The Morgan fingerprint density at radius 3 is 2.46 bits per heavy atom. The van der Waals surface area contributed by atoms with Crippen LogP contribution in [0.1, 0.15) is 50.4 Å². The Balaban J connectivity index is 1.53. The van der Waals surface area contributed by atoms with Crippen LogP contribution in [0.3, 0.4) is 0 Å². The topological polar surface area (TPSA) is 83.5 Å². The van der Waals surface area contributed by atoms with Crippen molar-refractivity contribution in [1.82, 2.24) is 20.1 Å². The van der Waals surface area contributed by atoms with Crippen LogP contribution in [0.2, 0.25) is 0 Å². The normalized spacial score (nSPS) is 15.6. The molecule has 4 rings (SSSR count). The van der Waals surface area contributed by atoms with E-state index in [0.717, 1.165) is 22.7 Å². The first-order chi connectivity index (χ1) is 17.3. The maximum atomic E-state index is 13.4. The Labute approximate surface area is 213 Å². The monoisotopic (exact) mass is 516 g/mol. The Kier molecular flexibility index (Phi) is 7.16. The van der Waals surface area contributed by atoms with E-state index in [1.807, 2.05) is 26.8 Å². The second-order valence-electron chi connectivity index (χ2n) is 10.2. The molecule has 0 unspecified atom stereocenters. The third-order valence-corrected chi connectivity index (χ3v) is 6.29. The van der Waals surface area contributed by atoms with Crippen molar-refractivity contribution in [2.45, 2.75) is 52.4 Å². The van der Waals surface area contributed by atoms with Crippen LogP contribution in [0.4, 0.5) is 29.6 Å². The highest BCUT2D eigenvalue weighted by Crippen LogP contribution is 2.35. The molecule has 1 aliphatic rings. The number of nitrogens with one attached hydrogen (secondary N) is 1. The average Bonchev–Trinajstić information content (AvgIpc) is 2.82. The van der Waals surface area contributed by atoms with Crippen molar-refractivity contribution >= 4 is 28.5 Å². The minimum atomic E-state index is -4.42. The number of halogens is 3. The smallest absolute Gasteiger partial charge is 0.416 e. The zero-order valence-electron chi connectivity index (χ0n) is 21.6. The van der Waals surface area contributed by atoms with Gasteiger partial charge in [0.05, 0.1) is 17.8 Å². The molecule has 0 radical (unpaired) electrons. The van der Waals surface area contributed by atoms with Gasteiger partial charge in [-0.2, -0.15) is 18.3 Å². The lowest BCUT2D eigenvalue weighted by Crippen LogP contribution is -2.50. The number of pyridine rings is 1. The molecule has 0 aliphatic carbocycles. The Morgan fingerprint density at radius 2 is 1.81 bits per heavy atom. The highest BCUT2D eigenvalue weighted by Gasteiger charge is 2.33. The van der Waals surface area contributed by atoms with Crippen LogP contribution in [0.25, 0.3) is 10.8 Å². The fourth-order valence-corrected chi connectivity index (χ4v) is 4.40. The molecule has 37 heavy (non-hydrogen) atoms. The average molecular weight is 517 g/mol. The van der Waals surface area contributed by atoms with Gasteiger partial charge in [0, 0.05) is 43.1 Å². The molecule has 11 heteroatoms. The van der Waals surface area contributed by atoms with Gasteiger partial charge in [-0.3, -0.25) is 0 Å². The van der Waals surface area contributed by atoms with Gasteiger partial charge in [0.1, 0.15) is 11.4 Å². The van der Waals surface area contributed by atoms with E-state index in [-0.39, 0.29) is 11.7 Å². The second kappa shape index (κ2) is 10.0. The molecule has 2 aromatic heterocycles. The number of piperazine rings is 1. The number of carbonyl (C=O) groups excluding carboxylic acids is 1. The maximum Gasteiger partial charge on any atom is 0.416 e. The highest BCUT2D eigenvalue weighted by molar-refractivity contribution is 5.92. The first-order valence-corrected chi connectivity index (χ1v) is 12.1. The third kappa shape index (κ3) is 6.03. The summed E-state index contributed by atoms with van der Waals surface area (Å²) in [5, 5.41) is 13.0. The molecule has 1 aromatic carbocycles. The maximum absolute atomic E-state index is 13.4. The quantitative estimate of drug-likeness (QED) is 0.485. The second-order valence-corrected chi connectivity index (χ2v) is 10.2. The van der Waals surface area contributed by atoms with Crippen molar-refractivity contribution in [3.05, 3.63) is 53.3 Å². The van der Waals surface area contributed by atoms with Gasteiger partial charge in [0.2, 0.25) is 0 Å². The standard InChI is InChI=1S/C26H31F3N6O2/c1-16-19(7-6-8-21(16)26(27,28)29)17(2)32-23-20-13-22(30-14-18(20)15-31-33-23)34-9-11-35(12-10-34)24(36)37-25(3,4)5/h6-8,13-15,17H,9-12H2,1-5H3,(H,32,33)/t17-/m1/s1. The number of rotatable bonds is 4. The van der Waals surface area contributed by atoms with Gasteiger partial charge in [-0.15, -0.1) is 5.10 Å². The van der Waals surface area contributed by atoms with Gasteiger partial charge in [0.15, 0.2) is 5.82 Å². The number of ether oxygens (including phenoxy) is 1. The number of aromatic nitrogens is 3. The van der Waals surface area contributed by atoms with Crippen LogP contribution in [0.5, 0.6) is 0 Å². The Bertz CT molecular complexity index is 1280. The molecule has 1 saturated heterocycles. The SMILES string of the molecule is Cc1c([C@@H](C)Nc2nncc3cnc(N4CCN(C(=O)OC(C)(C)C)CC4)cc23)cccc1C(F)(F)F. The van der Waals surface area contributed by atoms with Crippen LogP contribution in [-0.4, -0.2) is 58.0 Å². The number of hydrogen-bond acceptors (Lipinski definition) is 7. The molecule has 1 aliphatic heterocycles. The van der Waals surface area contributed by atoms with Crippen molar-refractivity contribution < 1.29 is 22.7 Å². The summed E-state index contributed by atoms with van der Waals surface area (Å²) in [6.45, 7) is 10.9. The summed E-state index contributed by atoms with van der Waals surface area (Å²) >= 11 is 0. The fraction of sp³-hybridized carbons (Fsp3) is 0.462. The van der Waals surface area contributed by atoms with Gasteiger partial charge in [0.25, 0.3) is 0 Å². The molecule has 3 heterocycles. The summed E-state index contributed by atoms with van der Waals surface area (Å²) in [6, 6.07) is 5.62. The van der Waals surface area contributed by atoms with Gasteiger partial charge >= 0.3 is 12.3 Å². The van der Waals surface area contributed by atoms with Crippen molar-refractivity contribution in [1.29, 1.82) is 0 Å². The minimum absolute atomic E-state index is 0.174. The van der Waals surface area contributed by atoms with E-state index in [9.17, 15) is 18.0 Å². The van der Waals surface area contributed by atoms with E-state index < -0.39 is 23.4 Å². The first kappa shape index (κ1) is 26.4. The molecule has 198 valence electrons. The number of fused-ring (bicyclic) bond motifs is 1. The van der Waals surface area contributed by atoms with Crippen molar-refractivity contribution in [2.75, 3.05) is 36.4 Å². The number of amides is 1. The van der Waals surface area contributed by atoms with E-state index in [1.54, 1.807) is 30.3 Å². The predicted octanol–water partition coefficient (Wildman–Crippen LogP) is 5.58. The number of carbonyl (C=O) groups is 1. The summed E-state index contributed by atoms with van der Waals surface area (Å²) in [6.07, 6.45) is -1.46. The molecule has 1 amide bonds. The molecule has 0 saturated carbocycles. The number of benzene rings is 1. The predicted molar refractivity (Wildman–Crippen MR) is 136 cm³/mol. The fourth-order valence-electron chi connectivity index (χ4n) is 4.40. The summed E-state index contributed by atoms with van der Waals surface area (Å²) in [5.74, 6) is 1.17. The minimum Gasteiger partial charge on any atom is -0.444 e. The summed E-state index contributed by atoms with van der Waals surface area (Å²) < 4.78 is 45.7. The zero-order chi connectivity index (χ0) is 27.0. The van der Waals surface area contributed by atoms with Crippen LogP contribution in [-0.2, 0) is 10.9 Å². The number of hydrogen-bond donors (Lipinski definition) is 1.